The molecule has 0 saturated heterocycles. The van der Waals surface area contributed by atoms with E-state index < -0.39 is 0 Å². The summed E-state index contributed by atoms with van der Waals surface area (Å²) in [5, 5.41) is 0.416. The Kier molecular flexibility index (Phi) is 3.39. The summed E-state index contributed by atoms with van der Waals surface area (Å²) in [7, 11) is 0. The molecule has 2 aromatic carbocycles. The Bertz CT molecular complexity index is 774. The van der Waals surface area contributed by atoms with E-state index in [-0.39, 0.29) is 11.6 Å². The lowest BCUT2D eigenvalue weighted by Gasteiger charge is -1.94. The summed E-state index contributed by atoms with van der Waals surface area (Å²) >= 11 is 1.34. The van der Waals surface area contributed by atoms with Crippen LogP contribution in [-0.2, 0) is 0 Å². The molecule has 2 nitrogen and oxygen atoms in total. The number of hydrogen-bond acceptors (Lipinski definition) is 3. The smallest absolute Gasteiger partial charge is 0.214 e. The normalized spacial score (nSPS) is 11.2. The number of carbonyl (C=O) groups excluding carboxylic acids is 1. The lowest BCUT2D eigenvalue weighted by atomic mass is 10.2. The summed E-state index contributed by atoms with van der Waals surface area (Å²) in [5.74, 6) is -0.560. The maximum Gasteiger partial charge on any atom is 0.214 e. The van der Waals surface area contributed by atoms with Gasteiger partial charge in [-0.25, -0.2) is 9.37 Å². The molecule has 0 bridgehead atoms. The summed E-state index contributed by atoms with van der Waals surface area (Å²) in [5.41, 5.74) is 1.20. The van der Waals surface area contributed by atoms with E-state index in [1.54, 1.807) is 18.2 Å². The Morgan fingerprint density at radius 1 is 1.10 bits per heavy atom. The largest absolute Gasteiger partial charge is 0.287 e. The van der Waals surface area contributed by atoms with Gasteiger partial charge in [0.1, 0.15) is 5.82 Å². The third kappa shape index (κ3) is 2.51. The number of fused-ring (bicyclic) bond motifs is 1. The molecule has 3 rings (SSSR count). The molecule has 0 atom stereocenters. The molecular weight excluding hydrogens is 273 g/mol. The summed E-state index contributed by atoms with van der Waals surface area (Å²) in [6.45, 7) is 0. The predicted octanol–water partition coefficient (Wildman–Crippen LogP) is 4.33. The molecule has 0 N–H and O–H groups in total. The van der Waals surface area contributed by atoms with Gasteiger partial charge in [0.15, 0.2) is 5.01 Å². The average molecular weight is 283 g/mol. The van der Waals surface area contributed by atoms with Gasteiger partial charge >= 0.3 is 0 Å². The third-order valence-electron chi connectivity index (χ3n) is 2.82. The lowest BCUT2D eigenvalue weighted by Crippen LogP contribution is -1.92. The highest BCUT2D eigenvalue weighted by atomic mass is 32.1. The van der Waals surface area contributed by atoms with Gasteiger partial charge in [-0.1, -0.05) is 30.3 Å². The van der Waals surface area contributed by atoms with Crippen LogP contribution in [0.1, 0.15) is 15.4 Å². The first-order valence-corrected chi connectivity index (χ1v) is 6.88. The number of benzene rings is 2. The Morgan fingerprint density at radius 3 is 2.65 bits per heavy atom. The van der Waals surface area contributed by atoms with Gasteiger partial charge in [0.2, 0.25) is 5.78 Å². The minimum Gasteiger partial charge on any atom is -0.287 e. The highest BCUT2D eigenvalue weighted by Crippen LogP contribution is 2.22. The van der Waals surface area contributed by atoms with Crippen LogP contribution in [0.3, 0.4) is 0 Å². The van der Waals surface area contributed by atoms with E-state index in [0.29, 0.717) is 10.6 Å². The van der Waals surface area contributed by atoms with E-state index in [9.17, 15) is 9.18 Å². The Hall–Kier alpha value is -2.33. The fraction of sp³-hybridized carbons (Fsp3) is 0. The number of aromatic nitrogens is 1. The van der Waals surface area contributed by atoms with Gasteiger partial charge in [-0.15, -0.1) is 11.3 Å². The second-order valence-corrected chi connectivity index (χ2v) is 5.24. The van der Waals surface area contributed by atoms with Crippen LogP contribution in [0.5, 0.6) is 0 Å². The molecule has 4 heteroatoms. The van der Waals surface area contributed by atoms with Crippen LogP contribution in [-0.4, -0.2) is 10.8 Å². The van der Waals surface area contributed by atoms with Gasteiger partial charge in [0.25, 0.3) is 0 Å². The zero-order valence-corrected chi connectivity index (χ0v) is 11.2. The summed E-state index contributed by atoms with van der Waals surface area (Å²) < 4.78 is 14.4. The summed E-state index contributed by atoms with van der Waals surface area (Å²) in [6.07, 6.45) is 2.83. The monoisotopic (exact) mass is 283 g/mol. The molecule has 0 amide bonds. The number of hydrogen-bond donors (Lipinski definition) is 0. The van der Waals surface area contributed by atoms with Crippen molar-refractivity contribution in [2.75, 3.05) is 0 Å². The van der Waals surface area contributed by atoms with Crippen molar-refractivity contribution >= 4 is 33.4 Å². The molecule has 0 saturated carbocycles. The van der Waals surface area contributed by atoms with Crippen molar-refractivity contribution in [3.63, 3.8) is 0 Å². The molecule has 0 fully saturated rings. The number of nitrogens with zero attached hydrogens (tertiary/aromatic N) is 1. The molecular formula is C16H10FNOS. The first-order valence-electron chi connectivity index (χ1n) is 6.06. The second kappa shape index (κ2) is 5.35. The molecule has 0 spiro atoms. The number of para-hydroxylation sites is 1. The van der Waals surface area contributed by atoms with Crippen LogP contribution in [0, 0.1) is 5.82 Å². The van der Waals surface area contributed by atoms with E-state index in [1.165, 1.54) is 29.6 Å². The maximum absolute atomic E-state index is 13.4. The SMILES string of the molecule is O=C(/C=C/c1ccccc1F)c1nc2ccccc2s1. The Labute approximate surface area is 119 Å². The van der Waals surface area contributed by atoms with Crippen molar-refractivity contribution < 1.29 is 9.18 Å². The highest BCUT2D eigenvalue weighted by Gasteiger charge is 2.09. The molecule has 1 aromatic heterocycles. The van der Waals surface area contributed by atoms with Gasteiger partial charge in [0.05, 0.1) is 10.2 Å². The van der Waals surface area contributed by atoms with Crippen molar-refractivity contribution in [3.8, 4) is 0 Å². The third-order valence-corrected chi connectivity index (χ3v) is 3.88. The van der Waals surface area contributed by atoms with Crippen LogP contribution in [0.15, 0.2) is 54.6 Å². The maximum atomic E-state index is 13.4. The molecule has 98 valence electrons. The molecule has 0 aliphatic rings. The van der Waals surface area contributed by atoms with E-state index in [2.05, 4.69) is 4.98 Å². The van der Waals surface area contributed by atoms with Crippen LogP contribution in [0.2, 0.25) is 0 Å². The average Bonchev–Trinajstić information content (AvgIpc) is 2.90. The van der Waals surface area contributed by atoms with E-state index in [4.69, 9.17) is 0 Å². The van der Waals surface area contributed by atoms with Crippen molar-refractivity contribution in [2.24, 2.45) is 0 Å². The number of thiazole rings is 1. The quantitative estimate of drug-likeness (QED) is 0.529. The van der Waals surface area contributed by atoms with E-state index in [1.807, 2.05) is 24.3 Å². The van der Waals surface area contributed by atoms with Gasteiger partial charge < -0.3 is 0 Å². The molecule has 0 radical (unpaired) electrons. The van der Waals surface area contributed by atoms with Crippen molar-refractivity contribution in [3.05, 3.63) is 71.0 Å². The van der Waals surface area contributed by atoms with Gasteiger partial charge in [-0.05, 0) is 30.4 Å². The Balaban J connectivity index is 1.88. The van der Waals surface area contributed by atoms with Gasteiger partial charge in [0, 0.05) is 5.56 Å². The molecule has 0 aliphatic carbocycles. The zero-order valence-electron chi connectivity index (χ0n) is 10.4. The topological polar surface area (TPSA) is 30.0 Å². The van der Waals surface area contributed by atoms with Crippen LogP contribution in [0.25, 0.3) is 16.3 Å². The lowest BCUT2D eigenvalue weighted by molar-refractivity contribution is 0.104. The number of carbonyl (C=O) groups is 1. The zero-order chi connectivity index (χ0) is 13.9. The van der Waals surface area contributed by atoms with Gasteiger partial charge in [-0.3, -0.25) is 4.79 Å². The first-order chi connectivity index (χ1) is 9.74. The summed E-state index contributed by atoms with van der Waals surface area (Å²) in [4.78, 5) is 16.3. The van der Waals surface area contributed by atoms with Crippen molar-refractivity contribution in [1.82, 2.24) is 4.98 Å². The van der Waals surface area contributed by atoms with Crippen molar-refractivity contribution in [1.29, 1.82) is 0 Å². The second-order valence-electron chi connectivity index (χ2n) is 4.21. The van der Waals surface area contributed by atoms with Crippen LogP contribution in [0.4, 0.5) is 4.39 Å². The number of halogens is 1. The van der Waals surface area contributed by atoms with Crippen LogP contribution >= 0.6 is 11.3 Å². The molecule has 3 aromatic rings. The molecule has 0 unspecified atom stereocenters. The molecule has 1 heterocycles. The minimum absolute atomic E-state index is 0.213. The Morgan fingerprint density at radius 2 is 1.85 bits per heavy atom. The van der Waals surface area contributed by atoms with E-state index >= 15 is 0 Å². The number of allylic oxidation sites excluding steroid dienone is 1. The fourth-order valence-electron chi connectivity index (χ4n) is 1.82. The summed E-state index contributed by atoms with van der Waals surface area (Å²) in [6, 6.07) is 13.9. The highest BCUT2D eigenvalue weighted by molar-refractivity contribution is 7.20. The number of ketones is 1. The van der Waals surface area contributed by atoms with Gasteiger partial charge in [-0.2, -0.15) is 0 Å². The van der Waals surface area contributed by atoms with Crippen LogP contribution < -0.4 is 0 Å². The standard InChI is InChI=1S/C16H10FNOS/c17-12-6-2-1-5-11(12)9-10-14(19)16-18-13-7-3-4-8-15(13)20-16/h1-10H/b10-9+. The predicted molar refractivity (Wildman–Crippen MR) is 79.4 cm³/mol. The molecule has 0 aliphatic heterocycles. The molecule has 20 heavy (non-hydrogen) atoms. The minimum atomic E-state index is -0.346. The first kappa shape index (κ1) is 12.7. The fourth-order valence-corrected chi connectivity index (χ4v) is 2.71. The number of rotatable bonds is 3. The van der Waals surface area contributed by atoms with E-state index in [0.717, 1.165) is 10.2 Å². The van der Waals surface area contributed by atoms with Crippen molar-refractivity contribution in [2.45, 2.75) is 0 Å².